The maximum absolute atomic E-state index is 12.5. The highest BCUT2D eigenvalue weighted by atomic mass is 32.1. The number of carbonyl (C=O) groups is 1. The van der Waals surface area contributed by atoms with Crippen LogP contribution in [0.3, 0.4) is 0 Å². The number of carbonyl (C=O) groups excluding carboxylic acids is 1. The van der Waals surface area contributed by atoms with Crippen molar-refractivity contribution in [3.63, 3.8) is 0 Å². The summed E-state index contributed by atoms with van der Waals surface area (Å²) in [4.78, 5) is 29.9. The molecule has 2 fully saturated rings. The van der Waals surface area contributed by atoms with E-state index in [0.717, 1.165) is 69.9 Å². The van der Waals surface area contributed by atoms with Crippen LogP contribution >= 0.6 is 11.3 Å². The number of benzene rings is 1. The van der Waals surface area contributed by atoms with Crippen molar-refractivity contribution in [3.05, 3.63) is 52.2 Å². The fourth-order valence-electron chi connectivity index (χ4n) is 5.15. The number of piperazine rings is 1. The summed E-state index contributed by atoms with van der Waals surface area (Å²) in [5, 5.41) is 1.30. The van der Waals surface area contributed by atoms with Crippen LogP contribution in [0, 0.1) is 5.92 Å². The van der Waals surface area contributed by atoms with Gasteiger partial charge in [-0.15, -0.1) is 11.3 Å². The average molecular weight is 447 g/mol. The van der Waals surface area contributed by atoms with Gasteiger partial charge in [-0.05, 0) is 56.1 Å². The number of aromatic nitrogens is 2. The molecule has 0 radical (unpaired) electrons. The number of aryl methyl sites for hydroxylation is 4. The highest BCUT2D eigenvalue weighted by Crippen LogP contribution is 2.40. The van der Waals surface area contributed by atoms with Crippen molar-refractivity contribution in [2.45, 2.75) is 51.4 Å². The summed E-state index contributed by atoms with van der Waals surface area (Å²) in [6, 6.07) is 10.6. The molecule has 3 aromatic rings. The predicted molar refractivity (Wildman–Crippen MR) is 129 cm³/mol. The normalized spacial score (nSPS) is 18.8. The zero-order valence-electron chi connectivity index (χ0n) is 18.6. The minimum absolute atomic E-state index is 0.306. The second-order valence-corrected chi connectivity index (χ2v) is 10.5. The number of thiophene rings is 1. The number of rotatable bonds is 5. The van der Waals surface area contributed by atoms with Crippen LogP contribution in [0.25, 0.3) is 10.2 Å². The Bertz CT molecular complexity index is 1130. The standard InChI is InChI=1S/C26H30N4OS/c31-26(19-11-12-19)30-16-14-29(15-17-30)24-23-20-8-4-5-9-21(20)32-25(23)28-22(27-24)13-10-18-6-2-1-3-7-18/h1-3,6-7,19H,4-5,8-17H2. The van der Waals surface area contributed by atoms with Crippen LogP contribution in [0.15, 0.2) is 30.3 Å². The molecule has 0 N–H and O–H groups in total. The van der Waals surface area contributed by atoms with Crippen LogP contribution in [0.5, 0.6) is 0 Å². The van der Waals surface area contributed by atoms with Crippen LogP contribution < -0.4 is 4.90 Å². The molecule has 0 bridgehead atoms. The lowest BCUT2D eigenvalue weighted by atomic mass is 9.96. The second-order valence-electron chi connectivity index (χ2n) is 9.43. The van der Waals surface area contributed by atoms with Crippen molar-refractivity contribution in [1.82, 2.24) is 14.9 Å². The van der Waals surface area contributed by atoms with E-state index in [9.17, 15) is 4.79 Å². The van der Waals surface area contributed by atoms with E-state index in [0.29, 0.717) is 11.8 Å². The SMILES string of the molecule is O=C(C1CC1)N1CCN(c2nc(CCc3ccccc3)nc3sc4c(c23)CCCC4)CC1. The van der Waals surface area contributed by atoms with Crippen molar-refractivity contribution in [2.24, 2.45) is 5.92 Å². The van der Waals surface area contributed by atoms with Crippen LogP contribution in [-0.4, -0.2) is 47.0 Å². The lowest BCUT2D eigenvalue weighted by Gasteiger charge is -2.36. The van der Waals surface area contributed by atoms with Gasteiger partial charge < -0.3 is 9.80 Å². The zero-order valence-corrected chi connectivity index (χ0v) is 19.4. The van der Waals surface area contributed by atoms with E-state index < -0.39 is 0 Å². The first-order valence-corrected chi connectivity index (χ1v) is 13.0. The van der Waals surface area contributed by atoms with E-state index in [4.69, 9.17) is 9.97 Å². The van der Waals surface area contributed by atoms with Crippen molar-refractivity contribution in [2.75, 3.05) is 31.1 Å². The van der Waals surface area contributed by atoms with Crippen LogP contribution in [0.1, 0.15) is 47.5 Å². The summed E-state index contributed by atoms with van der Waals surface area (Å²) in [7, 11) is 0. The Balaban J connectivity index is 1.30. The van der Waals surface area contributed by atoms with E-state index in [1.165, 1.54) is 45.5 Å². The second kappa shape index (κ2) is 8.47. The Kier molecular flexibility index (Phi) is 5.34. The van der Waals surface area contributed by atoms with Gasteiger partial charge in [0.05, 0.1) is 5.39 Å². The van der Waals surface area contributed by atoms with E-state index in [-0.39, 0.29) is 0 Å². The number of amides is 1. The predicted octanol–water partition coefficient (Wildman–Crippen LogP) is 4.41. The van der Waals surface area contributed by atoms with Gasteiger partial charge in [0.2, 0.25) is 5.91 Å². The smallest absolute Gasteiger partial charge is 0.225 e. The van der Waals surface area contributed by atoms with Gasteiger partial charge in [-0.3, -0.25) is 4.79 Å². The molecule has 2 aromatic heterocycles. The molecule has 0 spiro atoms. The molecule has 1 saturated heterocycles. The summed E-state index contributed by atoms with van der Waals surface area (Å²) in [6.45, 7) is 3.36. The van der Waals surface area contributed by atoms with Gasteiger partial charge in [-0.1, -0.05) is 30.3 Å². The molecule has 1 amide bonds. The third-order valence-corrected chi connectivity index (χ3v) is 8.33. The van der Waals surface area contributed by atoms with E-state index in [1.807, 2.05) is 11.3 Å². The van der Waals surface area contributed by atoms with Gasteiger partial charge in [0, 0.05) is 43.4 Å². The molecule has 5 nitrogen and oxygen atoms in total. The first-order chi connectivity index (χ1) is 15.8. The number of anilines is 1. The minimum Gasteiger partial charge on any atom is -0.352 e. The fourth-order valence-corrected chi connectivity index (χ4v) is 6.42. The number of nitrogens with zero attached hydrogens (tertiary/aromatic N) is 4. The summed E-state index contributed by atoms with van der Waals surface area (Å²) in [5.74, 6) is 2.75. The topological polar surface area (TPSA) is 49.3 Å². The Morgan fingerprint density at radius 2 is 1.75 bits per heavy atom. The highest BCUT2D eigenvalue weighted by molar-refractivity contribution is 7.19. The largest absolute Gasteiger partial charge is 0.352 e. The van der Waals surface area contributed by atoms with E-state index >= 15 is 0 Å². The maximum atomic E-state index is 12.5. The average Bonchev–Trinajstić information content (AvgIpc) is 3.63. The molecule has 0 unspecified atom stereocenters. The van der Waals surface area contributed by atoms with Gasteiger partial charge in [0.1, 0.15) is 16.5 Å². The Morgan fingerprint density at radius 3 is 2.53 bits per heavy atom. The van der Waals surface area contributed by atoms with Gasteiger partial charge in [0.15, 0.2) is 0 Å². The van der Waals surface area contributed by atoms with Crippen molar-refractivity contribution in [1.29, 1.82) is 0 Å². The molecule has 6 rings (SSSR count). The first kappa shape index (κ1) is 20.2. The maximum Gasteiger partial charge on any atom is 0.225 e. The lowest BCUT2D eigenvalue weighted by Crippen LogP contribution is -2.49. The van der Waals surface area contributed by atoms with Gasteiger partial charge in [-0.25, -0.2) is 9.97 Å². The Labute approximate surface area is 193 Å². The summed E-state index contributed by atoms with van der Waals surface area (Å²) >= 11 is 1.89. The molecule has 1 aliphatic heterocycles. The van der Waals surface area contributed by atoms with Crippen molar-refractivity contribution in [3.8, 4) is 0 Å². The number of fused-ring (bicyclic) bond motifs is 3. The van der Waals surface area contributed by atoms with Crippen LogP contribution in [0.4, 0.5) is 5.82 Å². The summed E-state index contributed by atoms with van der Waals surface area (Å²) in [5.41, 5.74) is 2.83. The summed E-state index contributed by atoms with van der Waals surface area (Å²) < 4.78 is 0. The van der Waals surface area contributed by atoms with Gasteiger partial charge in [-0.2, -0.15) is 0 Å². The molecule has 32 heavy (non-hydrogen) atoms. The van der Waals surface area contributed by atoms with Gasteiger partial charge >= 0.3 is 0 Å². The molecular weight excluding hydrogens is 416 g/mol. The number of hydrogen-bond donors (Lipinski definition) is 0. The molecular formula is C26H30N4OS. The molecule has 3 aliphatic rings. The van der Waals surface area contributed by atoms with Crippen LogP contribution in [0.2, 0.25) is 0 Å². The van der Waals surface area contributed by atoms with Gasteiger partial charge in [0.25, 0.3) is 0 Å². The fraction of sp³-hybridized carbons (Fsp3) is 0.500. The molecule has 1 aromatic carbocycles. The Morgan fingerprint density at radius 1 is 0.969 bits per heavy atom. The van der Waals surface area contributed by atoms with Crippen molar-refractivity contribution < 1.29 is 4.79 Å². The molecule has 166 valence electrons. The molecule has 0 atom stereocenters. The minimum atomic E-state index is 0.306. The monoisotopic (exact) mass is 446 g/mol. The van der Waals surface area contributed by atoms with Crippen molar-refractivity contribution >= 4 is 33.3 Å². The highest BCUT2D eigenvalue weighted by Gasteiger charge is 2.35. The van der Waals surface area contributed by atoms with Crippen LogP contribution in [-0.2, 0) is 30.5 Å². The summed E-state index contributed by atoms with van der Waals surface area (Å²) in [6.07, 6.45) is 8.85. The third-order valence-electron chi connectivity index (χ3n) is 7.14. The van der Waals surface area contributed by atoms with E-state index in [1.54, 1.807) is 0 Å². The lowest BCUT2D eigenvalue weighted by molar-refractivity contribution is -0.132. The Hall–Kier alpha value is -2.47. The molecule has 3 heterocycles. The molecule has 2 aliphatic carbocycles. The zero-order chi connectivity index (χ0) is 21.5. The number of hydrogen-bond acceptors (Lipinski definition) is 5. The van der Waals surface area contributed by atoms with E-state index in [2.05, 4.69) is 40.1 Å². The molecule has 1 saturated carbocycles. The molecule has 6 heteroatoms. The quantitative estimate of drug-likeness (QED) is 0.582. The third kappa shape index (κ3) is 3.90. The first-order valence-electron chi connectivity index (χ1n) is 12.1.